The first-order chi connectivity index (χ1) is 10.8. The Balaban J connectivity index is 2.52. The molecule has 0 saturated heterocycles. The summed E-state index contributed by atoms with van der Waals surface area (Å²) < 4.78 is 13.0. The maximum absolute atomic E-state index is 13.0. The van der Waals surface area contributed by atoms with E-state index in [1.165, 1.54) is 38.1 Å². The second kappa shape index (κ2) is 6.24. The minimum atomic E-state index is -1.82. The van der Waals surface area contributed by atoms with E-state index in [2.05, 4.69) is 6.58 Å². The van der Waals surface area contributed by atoms with Crippen LogP contribution in [0.25, 0.3) is 5.57 Å². The van der Waals surface area contributed by atoms with Crippen LogP contribution in [0.2, 0.25) is 0 Å². The first kappa shape index (κ1) is 16.7. The fraction of sp³-hybridized carbons (Fsp3) is 0.211. The van der Waals surface area contributed by atoms with Crippen LogP contribution >= 0.6 is 0 Å². The molecule has 0 atom stereocenters. The zero-order chi connectivity index (χ0) is 17.2. The van der Waals surface area contributed by atoms with Crippen LogP contribution in [0.1, 0.15) is 19.4 Å². The van der Waals surface area contributed by atoms with Crippen molar-refractivity contribution in [2.75, 3.05) is 0 Å². The van der Waals surface area contributed by atoms with Gasteiger partial charge in [0.15, 0.2) is 22.8 Å². The van der Waals surface area contributed by atoms with Crippen LogP contribution < -0.4 is 0 Å². The van der Waals surface area contributed by atoms with Crippen molar-refractivity contribution < 1.29 is 18.8 Å². The largest absolute Gasteiger partial charge is 0.298 e. The summed E-state index contributed by atoms with van der Waals surface area (Å²) in [5, 5.41) is 0. The Bertz CT molecular complexity index is 712. The van der Waals surface area contributed by atoms with E-state index < -0.39 is 34.5 Å². The van der Waals surface area contributed by atoms with Gasteiger partial charge in [0, 0.05) is 11.5 Å². The van der Waals surface area contributed by atoms with E-state index in [4.69, 9.17) is 0 Å². The molecule has 23 heavy (non-hydrogen) atoms. The van der Waals surface area contributed by atoms with Gasteiger partial charge >= 0.3 is 0 Å². The average molecular weight is 312 g/mol. The molecule has 1 aliphatic rings. The number of Topliss-reactive ketones (excluding diaryl/α,β-unsaturated/α-hetero) is 3. The molecule has 1 aromatic rings. The van der Waals surface area contributed by atoms with Crippen molar-refractivity contribution in [1.29, 1.82) is 0 Å². The highest BCUT2D eigenvalue weighted by atomic mass is 19.1. The molecule has 0 amide bonds. The molecule has 0 aliphatic heterocycles. The molecule has 2 rings (SSSR count). The average Bonchev–Trinajstić information content (AvgIpc) is 3.01. The number of ketones is 3. The topological polar surface area (TPSA) is 51.2 Å². The van der Waals surface area contributed by atoms with Crippen molar-refractivity contribution in [3.05, 3.63) is 66.5 Å². The number of halogens is 1. The molecule has 0 aromatic heterocycles. The third-order valence-electron chi connectivity index (χ3n) is 4.18. The van der Waals surface area contributed by atoms with E-state index in [9.17, 15) is 18.8 Å². The first-order valence-corrected chi connectivity index (χ1v) is 7.18. The predicted molar refractivity (Wildman–Crippen MR) is 86.0 cm³/mol. The summed E-state index contributed by atoms with van der Waals surface area (Å²) in [6.07, 6.45) is 6.69. The minimum Gasteiger partial charge on any atom is -0.298 e. The van der Waals surface area contributed by atoms with E-state index in [1.54, 1.807) is 24.3 Å². The lowest BCUT2D eigenvalue weighted by molar-refractivity contribution is -0.146. The number of carbonyl (C=O) groups is 3. The summed E-state index contributed by atoms with van der Waals surface area (Å²) >= 11 is 0. The van der Waals surface area contributed by atoms with Crippen LogP contribution in [0.4, 0.5) is 4.39 Å². The molecule has 0 N–H and O–H groups in total. The van der Waals surface area contributed by atoms with Crippen LogP contribution in [-0.2, 0) is 14.4 Å². The maximum atomic E-state index is 13.0. The number of allylic oxidation sites excluding steroid dienone is 5. The van der Waals surface area contributed by atoms with E-state index in [1.807, 2.05) is 0 Å². The normalized spacial score (nSPS) is 14.0. The highest BCUT2D eigenvalue weighted by Gasteiger charge is 2.53. The van der Waals surface area contributed by atoms with E-state index in [0.717, 1.165) is 0 Å². The summed E-state index contributed by atoms with van der Waals surface area (Å²) in [5.41, 5.74) is -1.42. The first-order valence-electron chi connectivity index (χ1n) is 7.18. The van der Waals surface area contributed by atoms with Gasteiger partial charge < -0.3 is 0 Å². The van der Waals surface area contributed by atoms with E-state index in [0.29, 0.717) is 5.56 Å². The SMILES string of the molecule is C=C(C(=O)C(C(C)=O)(C(C)=O)C1C=CC=C1)c1ccc(F)cc1. The van der Waals surface area contributed by atoms with Gasteiger partial charge in [0.05, 0.1) is 0 Å². The fourth-order valence-corrected chi connectivity index (χ4v) is 2.93. The van der Waals surface area contributed by atoms with Crippen LogP contribution in [-0.4, -0.2) is 17.3 Å². The molecule has 0 saturated carbocycles. The van der Waals surface area contributed by atoms with Crippen molar-refractivity contribution in [2.45, 2.75) is 13.8 Å². The van der Waals surface area contributed by atoms with Crippen molar-refractivity contribution >= 4 is 22.9 Å². The maximum Gasteiger partial charge on any atom is 0.184 e. The molecule has 4 heteroatoms. The van der Waals surface area contributed by atoms with Crippen molar-refractivity contribution in [3.63, 3.8) is 0 Å². The highest BCUT2D eigenvalue weighted by Crippen LogP contribution is 2.39. The quantitative estimate of drug-likeness (QED) is 0.598. The van der Waals surface area contributed by atoms with Gasteiger partial charge in [-0.2, -0.15) is 0 Å². The van der Waals surface area contributed by atoms with Gasteiger partial charge in [-0.05, 0) is 31.5 Å². The van der Waals surface area contributed by atoms with Gasteiger partial charge in [-0.15, -0.1) is 0 Å². The predicted octanol–water partition coefficient (Wildman–Crippen LogP) is 3.31. The third kappa shape index (κ3) is 2.72. The molecule has 1 aliphatic carbocycles. The van der Waals surface area contributed by atoms with Gasteiger partial charge in [0.25, 0.3) is 0 Å². The highest BCUT2D eigenvalue weighted by molar-refractivity contribution is 6.37. The molecule has 0 spiro atoms. The van der Waals surface area contributed by atoms with Gasteiger partial charge in [0.1, 0.15) is 5.82 Å². The molecule has 0 fully saturated rings. The molecule has 0 unspecified atom stereocenters. The van der Waals surface area contributed by atoms with Gasteiger partial charge in [-0.3, -0.25) is 14.4 Å². The van der Waals surface area contributed by atoms with E-state index >= 15 is 0 Å². The Kier molecular flexibility index (Phi) is 4.55. The summed E-state index contributed by atoms with van der Waals surface area (Å²) in [6, 6.07) is 5.21. The molecule has 0 radical (unpaired) electrons. The number of hydrogen-bond donors (Lipinski definition) is 0. The number of rotatable bonds is 6. The minimum absolute atomic E-state index is 0.0177. The standard InChI is InChI=1S/C19H17FO3/c1-12(15-8-10-17(20)11-9-15)18(23)19(13(2)21,14(3)22)16-6-4-5-7-16/h4-11,16H,1H2,2-3H3. The Morgan fingerprint density at radius 3 is 1.91 bits per heavy atom. The van der Waals surface area contributed by atoms with Crippen LogP contribution in [0.15, 0.2) is 55.1 Å². The summed E-state index contributed by atoms with van der Waals surface area (Å²) in [4.78, 5) is 37.6. The lowest BCUT2D eigenvalue weighted by Gasteiger charge is -2.32. The molecule has 118 valence electrons. The monoisotopic (exact) mass is 312 g/mol. The summed E-state index contributed by atoms with van der Waals surface area (Å²) in [6.45, 7) is 6.20. The number of hydrogen-bond acceptors (Lipinski definition) is 3. The molecule has 0 heterocycles. The number of benzene rings is 1. The lowest BCUT2D eigenvalue weighted by atomic mass is 9.65. The summed E-state index contributed by atoms with van der Waals surface area (Å²) in [7, 11) is 0. The fourth-order valence-electron chi connectivity index (χ4n) is 2.93. The van der Waals surface area contributed by atoms with Crippen molar-refractivity contribution in [2.24, 2.45) is 11.3 Å². The molecule has 1 aromatic carbocycles. The Labute approximate surface area is 134 Å². The zero-order valence-corrected chi connectivity index (χ0v) is 13.0. The second-order valence-electron chi connectivity index (χ2n) is 5.53. The van der Waals surface area contributed by atoms with Crippen molar-refractivity contribution in [3.8, 4) is 0 Å². The summed E-state index contributed by atoms with van der Waals surface area (Å²) in [5.74, 6) is -2.79. The Morgan fingerprint density at radius 2 is 1.48 bits per heavy atom. The van der Waals surface area contributed by atoms with Gasteiger partial charge in [0.2, 0.25) is 0 Å². The van der Waals surface area contributed by atoms with Crippen LogP contribution in [0.3, 0.4) is 0 Å². The zero-order valence-electron chi connectivity index (χ0n) is 13.0. The molecule has 3 nitrogen and oxygen atoms in total. The van der Waals surface area contributed by atoms with Crippen LogP contribution in [0.5, 0.6) is 0 Å². The van der Waals surface area contributed by atoms with Gasteiger partial charge in [-0.25, -0.2) is 4.39 Å². The third-order valence-corrected chi connectivity index (χ3v) is 4.18. The Hall–Kier alpha value is -2.62. The lowest BCUT2D eigenvalue weighted by Crippen LogP contribution is -2.49. The van der Waals surface area contributed by atoms with Crippen molar-refractivity contribution in [1.82, 2.24) is 0 Å². The molecular weight excluding hydrogens is 295 g/mol. The van der Waals surface area contributed by atoms with E-state index in [-0.39, 0.29) is 5.57 Å². The Morgan fingerprint density at radius 1 is 1.00 bits per heavy atom. The van der Waals surface area contributed by atoms with Gasteiger partial charge in [-0.1, -0.05) is 43.0 Å². The second-order valence-corrected chi connectivity index (χ2v) is 5.53. The molecular formula is C19H17FO3. The number of carbonyl (C=O) groups excluding carboxylic acids is 3. The van der Waals surface area contributed by atoms with Crippen LogP contribution in [0, 0.1) is 17.2 Å². The smallest absolute Gasteiger partial charge is 0.184 e. The molecule has 0 bridgehead atoms.